The summed E-state index contributed by atoms with van der Waals surface area (Å²) in [7, 11) is -3.78. The van der Waals surface area contributed by atoms with Gasteiger partial charge in [-0.2, -0.15) is 4.31 Å². The van der Waals surface area contributed by atoms with Crippen LogP contribution in [0.2, 0.25) is 0 Å². The van der Waals surface area contributed by atoms with E-state index in [0.717, 1.165) is 9.87 Å². The highest BCUT2D eigenvalue weighted by atomic mass is 32.2. The van der Waals surface area contributed by atoms with Gasteiger partial charge in [-0.1, -0.05) is 17.7 Å². The highest BCUT2D eigenvalue weighted by Gasteiger charge is 2.40. The molecule has 1 fully saturated rings. The van der Waals surface area contributed by atoms with Gasteiger partial charge in [-0.15, -0.1) is 0 Å². The van der Waals surface area contributed by atoms with Crippen LogP contribution in [-0.4, -0.2) is 48.3 Å². The Hall–Kier alpha value is -1.93. The molecule has 7 nitrogen and oxygen atoms in total. The molecule has 1 saturated heterocycles. The number of sulfonamides is 1. The molecule has 2 rings (SSSR count). The van der Waals surface area contributed by atoms with E-state index in [-0.39, 0.29) is 11.4 Å². The molecule has 1 unspecified atom stereocenters. The third-order valence-electron chi connectivity index (χ3n) is 3.86. The fourth-order valence-corrected chi connectivity index (χ4v) is 4.16. The van der Waals surface area contributed by atoms with Gasteiger partial charge in [-0.3, -0.25) is 9.59 Å². The average Bonchev–Trinajstić information content (AvgIpc) is 2.97. The van der Waals surface area contributed by atoms with Crippen LogP contribution < -0.4 is 5.32 Å². The number of carbonyl (C=O) groups is 2. The summed E-state index contributed by atoms with van der Waals surface area (Å²) in [5.41, 5.74) is 0.940. The quantitative estimate of drug-likeness (QED) is 0.823. The Morgan fingerprint density at radius 1 is 1.30 bits per heavy atom. The van der Waals surface area contributed by atoms with Crippen molar-refractivity contribution in [2.45, 2.75) is 43.7 Å². The van der Waals surface area contributed by atoms with E-state index in [0.29, 0.717) is 12.8 Å². The Bertz CT molecular complexity index is 699. The van der Waals surface area contributed by atoms with Crippen LogP contribution in [0, 0.1) is 6.92 Å². The molecule has 1 aliphatic heterocycles. The van der Waals surface area contributed by atoms with Crippen molar-refractivity contribution in [1.82, 2.24) is 9.62 Å². The molecule has 1 amide bonds. The van der Waals surface area contributed by atoms with E-state index in [1.807, 2.05) is 6.92 Å². The SMILES string of the molecule is Cc1ccc(S(=O)(=O)N2CCC[C@H]2C(=O)NC(C)C(=O)O)cc1. The lowest BCUT2D eigenvalue weighted by Crippen LogP contribution is -2.49. The maximum Gasteiger partial charge on any atom is 0.325 e. The number of nitrogens with one attached hydrogen (secondary N) is 1. The number of aliphatic carboxylic acids is 1. The van der Waals surface area contributed by atoms with Crippen molar-refractivity contribution >= 4 is 21.9 Å². The molecule has 0 bridgehead atoms. The second-order valence-electron chi connectivity index (χ2n) is 5.66. The largest absolute Gasteiger partial charge is 0.480 e. The van der Waals surface area contributed by atoms with Gasteiger partial charge < -0.3 is 10.4 Å². The van der Waals surface area contributed by atoms with Gasteiger partial charge in [0.05, 0.1) is 4.90 Å². The summed E-state index contributed by atoms with van der Waals surface area (Å²) in [6.45, 7) is 3.44. The van der Waals surface area contributed by atoms with Gasteiger partial charge in [0.15, 0.2) is 0 Å². The second-order valence-corrected chi connectivity index (χ2v) is 7.55. The van der Waals surface area contributed by atoms with Crippen LogP contribution in [0.5, 0.6) is 0 Å². The first-order valence-electron chi connectivity index (χ1n) is 7.35. The van der Waals surface area contributed by atoms with Crippen LogP contribution >= 0.6 is 0 Å². The Labute approximate surface area is 135 Å². The summed E-state index contributed by atoms with van der Waals surface area (Å²) in [6.07, 6.45) is 0.938. The number of amides is 1. The minimum Gasteiger partial charge on any atom is -0.480 e. The minimum atomic E-state index is -3.78. The number of nitrogens with zero attached hydrogens (tertiary/aromatic N) is 1. The molecule has 0 radical (unpaired) electrons. The maximum atomic E-state index is 12.7. The molecule has 2 atom stereocenters. The summed E-state index contributed by atoms with van der Waals surface area (Å²) in [6, 6.07) is 4.49. The first-order chi connectivity index (χ1) is 10.7. The zero-order chi connectivity index (χ0) is 17.2. The molecular formula is C15H20N2O5S. The lowest BCUT2D eigenvalue weighted by Gasteiger charge is -2.24. The van der Waals surface area contributed by atoms with Gasteiger partial charge >= 0.3 is 5.97 Å². The van der Waals surface area contributed by atoms with E-state index in [9.17, 15) is 18.0 Å². The number of carbonyl (C=O) groups excluding carboxylic acids is 1. The molecule has 8 heteroatoms. The fraction of sp³-hybridized carbons (Fsp3) is 0.467. The van der Waals surface area contributed by atoms with E-state index in [2.05, 4.69) is 5.32 Å². The molecule has 0 saturated carbocycles. The van der Waals surface area contributed by atoms with Crippen LogP contribution in [0.3, 0.4) is 0 Å². The lowest BCUT2D eigenvalue weighted by atomic mass is 10.2. The topological polar surface area (TPSA) is 104 Å². The van der Waals surface area contributed by atoms with Gasteiger partial charge in [-0.05, 0) is 38.8 Å². The molecule has 2 N–H and O–H groups in total. The first-order valence-corrected chi connectivity index (χ1v) is 8.79. The monoisotopic (exact) mass is 340 g/mol. The highest BCUT2D eigenvalue weighted by Crippen LogP contribution is 2.26. The standard InChI is InChI=1S/C15H20N2O5S/c1-10-5-7-12(8-6-10)23(21,22)17-9-3-4-13(17)14(18)16-11(2)15(19)20/h5-8,11,13H,3-4,9H2,1-2H3,(H,16,18)(H,19,20)/t11?,13-/m0/s1. The van der Waals surface area contributed by atoms with Crippen LogP contribution in [0.4, 0.5) is 0 Å². The molecule has 126 valence electrons. The average molecular weight is 340 g/mol. The van der Waals surface area contributed by atoms with Crippen molar-refractivity contribution in [3.63, 3.8) is 0 Å². The number of carboxylic acid groups (broad SMARTS) is 1. The van der Waals surface area contributed by atoms with Crippen molar-refractivity contribution < 1.29 is 23.1 Å². The smallest absolute Gasteiger partial charge is 0.325 e. The number of rotatable bonds is 5. The van der Waals surface area contributed by atoms with Crippen molar-refractivity contribution in [2.24, 2.45) is 0 Å². The number of hydrogen-bond donors (Lipinski definition) is 2. The van der Waals surface area contributed by atoms with Crippen LogP contribution in [0.25, 0.3) is 0 Å². The van der Waals surface area contributed by atoms with Gasteiger partial charge in [0, 0.05) is 6.54 Å². The third-order valence-corrected chi connectivity index (χ3v) is 5.79. The Morgan fingerprint density at radius 2 is 1.91 bits per heavy atom. The second kappa shape index (κ2) is 6.67. The van der Waals surface area contributed by atoms with Gasteiger partial charge in [0.1, 0.15) is 12.1 Å². The number of hydrogen-bond acceptors (Lipinski definition) is 4. The normalized spacial score (nSPS) is 20.2. The Kier molecular flexibility index (Phi) is 5.06. The summed E-state index contributed by atoms with van der Waals surface area (Å²) in [5.74, 6) is -1.74. The molecule has 0 aliphatic carbocycles. The Balaban J connectivity index is 2.22. The summed E-state index contributed by atoms with van der Waals surface area (Å²) in [5, 5.41) is 11.2. The third kappa shape index (κ3) is 3.70. The number of carboxylic acids is 1. The molecule has 0 spiro atoms. The Morgan fingerprint density at radius 3 is 2.48 bits per heavy atom. The van der Waals surface area contributed by atoms with Gasteiger partial charge in [-0.25, -0.2) is 8.42 Å². The van der Waals surface area contributed by atoms with E-state index in [1.165, 1.54) is 19.1 Å². The van der Waals surface area contributed by atoms with Crippen molar-refractivity contribution in [1.29, 1.82) is 0 Å². The number of benzene rings is 1. The van der Waals surface area contributed by atoms with E-state index in [1.54, 1.807) is 12.1 Å². The van der Waals surface area contributed by atoms with E-state index >= 15 is 0 Å². The molecule has 23 heavy (non-hydrogen) atoms. The maximum absolute atomic E-state index is 12.7. The lowest BCUT2D eigenvalue weighted by molar-refractivity contribution is -0.141. The predicted octanol–water partition coefficient (Wildman–Crippen LogP) is 0.737. The molecular weight excluding hydrogens is 320 g/mol. The van der Waals surface area contributed by atoms with E-state index in [4.69, 9.17) is 5.11 Å². The molecule has 0 aromatic heterocycles. The minimum absolute atomic E-state index is 0.133. The molecule has 1 aromatic rings. The highest BCUT2D eigenvalue weighted by molar-refractivity contribution is 7.89. The summed E-state index contributed by atoms with van der Waals surface area (Å²) < 4.78 is 26.6. The zero-order valence-electron chi connectivity index (χ0n) is 13.0. The first kappa shape index (κ1) is 17.4. The zero-order valence-corrected chi connectivity index (χ0v) is 13.8. The number of aryl methyl sites for hydroxylation is 1. The van der Waals surface area contributed by atoms with Gasteiger partial charge in [0.2, 0.25) is 15.9 Å². The van der Waals surface area contributed by atoms with Crippen LogP contribution in [0.15, 0.2) is 29.2 Å². The van der Waals surface area contributed by atoms with Crippen molar-refractivity contribution in [3.8, 4) is 0 Å². The predicted molar refractivity (Wildman–Crippen MR) is 83.3 cm³/mol. The molecule has 1 aliphatic rings. The van der Waals surface area contributed by atoms with E-state index < -0.39 is 34.0 Å². The molecule has 1 aromatic carbocycles. The fourth-order valence-electron chi connectivity index (χ4n) is 2.51. The van der Waals surface area contributed by atoms with Crippen molar-refractivity contribution in [2.75, 3.05) is 6.54 Å². The van der Waals surface area contributed by atoms with Crippen LogP contribution in [0.1, 0.15) is 25.3 Å². The van der Waals surface area contributed by atoms with Crippen molar-refractivity contribution in [3.05, 3.63) is 29.8 Å². The molecule has 1 heterocycles. The summed E-state index contributed by atoms with van der Waals surface area (Å²) >= 11 is 0. The van der Waals surface area contributed by atoms with Crippen LogP contribution in [-0.2, 0) is 19.6 Å². The van der Waals surface area contributed by atoms with Gasteiger partial charge in [0.25, 0.3) is 0 Å². The summed E-state index contributed by atoms with van der Waals surface area (Å²) in [4.78, 5) is 23.2.